The number of hydrogen-bond acceptors (Lipinski definition) is 20. The zero-order valence-corrected chi connectivity index (χ0v) is 29.6. The van der Waals surface area contributed by atoms with E-state index in [4.69, 9.17) is 0 Å². The number of fused-ring (bicyclic) bond motifs is 2. The molecule has 0 saturated carbocycles. The molecule has 4 aromatic carbocycles. The number of carbonyl (C=O) groups is 1. The fourth-order valence-corrected chi connectivity index (χ4v) is 7.97. The van der Waals surface area contributed by atoms with E-state index >= 15 is 0 Å². The molecular formula is C24H18CuN3O18S5-. The molecular weight excluding hydrogens is 842 g/mol. The number of benzene rings is 4. The second kappa shape index (κ2) is 14.3. The van der Waals surface area contributed by atoms with Gasteiger partial charge in [0.2, 0.25) is 16.3 Å². The normalized spacial score (nSPS) is 13.0. The van der Waals surface area contributed by atoms with Gasteiger partial charge in [-0.05, 0) is 57.9 Å². The Morgan fingerprint density at radius 1 is 0.725 bits per heavy atom. The molecule has 1 radical (unpaired) electrons. The van der Waals surface area contributed by atoms with Crippen molar-refractivity contribution in [2.45, 2.75) is 26.5 Å². The number of amides is 1. The Kier molecular flexibility index (Phi) is 11.6. The van der Waals surface area contributed by atoms with Gasteiger partial charge in [-0.15, -0.1) is 5.11 Å². The molecule has 279 valence electrons. The Labute approximate surface area is 303 Å². The predicted octanol–water partition coefficient (Wildman–Crippen LogP) is -0.188. The third-order valence-corrected chi connectivity index (χ3v) is 11.0. The predicted molar refractivity (Wildman–Crippen MR) is 160 cm³/mol. The topological polar surface area (TPSA) is 372 Å². The summed E-state index contributed by atoms with van der Waals surface area (Å²) in [6.07, 6.45) is 0. The minimum atomic E-state index is -5.68. The number of nitrogens with one attached hydrogen (secondary N) is 1. The first-order valence-electron chi connectivity index (χ1n) is 12.7. The van der Waals surface area contributed by atoms with Crippen molar-refractivity contribution in [3.63, 3.8) is 0 Å². The van der Waals surface area contributed by atoms with Crippen molar-refractivity contribution in [3.05, 3.63) is 42.5 Å². The average Bonchev–Trinajstić information content (AvgIpc) is 2.94. The zero-order valence-electron chi connectivity index (χ0n) is 27.5. The van der Waals surface area contributed by atoms with Gasteiger partial charge in [0.15, 0.2) is 9.84 Å². The Hall–Kier alpha value is -3.86. The molecule has 27 heteroatoms. The van der Waals surface area contributed by atoms with Crippen molar-refractivity contribution in [3.8, 4) is 11.5 Å². The summed E-state index contributed by atoms with van der Waals surface area (Å²) in [5.74, 6) is -5.15. The minimum Gasteiger partial charge on any atom is -0.871 e. The Balaban J connectivity index is 0.00000702. The van der Waals surface area contributed by atoms with E-state index in [1.807, 2.05) is 0 Å². The zero-order chi connectivity index (χ0) is 37.8. The van der Waals surface area contributed by atoms with Crippen molar-refractivity contribution in [1.82, 2.24) is 0 Å². The van der Waals surface area contributed by atoms with E-state index in [9.17, 15) is 75.3 Å². The summed E-state index contributed by atoms with van der Waals surface area (Å²) < 4.78 is 169. The van der Waals surface area contributed by atoms with Crippen molar-refractivity contribution < 1.29 is 101 Å². The molecule has 4 rings (SSSR count). The van der Waals surface area contributed by atoms with Crippen LogP contribution in [0.1, 0.15) is 11.2 Å². The standard InChI is InChI=1S/C24H21N3O18S5.Cu/c1-11(28)25-17-9-14(47(33,34)35)7-13-8-19(49(39,40)41)22(24(30)20(13)17)27-26-16-3-2-12-6-15(48(36,37)38)10-18(21(12)23(16)29)46(31,32)5-4-45-50(42,43)44;/h2-3,6-10,29-30H,4-5H2,1H3,(H,25,28)(H,33,34,35)(H,36,37,38)(H,39,40,41)(H,42,43,44);/q;+2/p-3. The van der Waals surface area contributed by atoms with Gasteiger partial charge in [-0.3, -0.25) is 8.98 Å². The number of anilines is 1. The SMILES string of the molecule is CC(=O)Nc1cc(S(=O)(=O)[O-])cc2cc(S(=O)(=O)[O-])c(N=Nc3ccc4cc(S(=O)(=O)[O-])cc(S(=O)(=O)CCOS(=O)(=O)[O-])c4c3[O-])c([O-])c12.[Cu+2].[H+].[H+].[H+]. The van der Waals surface area contributed by atoms with Crippen LogP contribution in [0.15, 0.2) is 72.3 Å². The van der Waals surface area contributed by atoms with Crippen LogP contribution in [0.3, 0.4) is 0 Å². The molecule has 0 aromatic heterocycles. The summed E-state index contributed by atoms with van der Waals surface area (Å²) in [6, 6.07) is 3.99. The van der Waals surface area contributed by atoms with Gasteiger partial charge in [0.25, 0.3) is 0 Å². The number of carbonyl (C=O) groups excluding carboxylic acids is 1. The van der Waals surface area contributed by atoms with Gasteiger partial charge in [0.1, 0.15) is 30.4 Å². The molecule has 0 atom stereocenters. The van der Waals surface area contributed by atoms with Crippen LogP contribution in [0.4, 0.5) is 17.1 Å². The summed E-state index contributed by atoms with van der Waals surface area (Å²) in [4.78, 5) is 6.95. The average molecular weight is 860 g/mol. The molecule has 0 fully saturated rings. The molecule has 1 amide bonds. The van der Waals surface area contributed by atoms with E-state index in [1.165, 1.54) is 0 Å². The summed E-state index contributed by atoms with van der Waals surface area (Å²) in [5, 5.41) is 33.2. The fourth-order valence-electron chi connectivity index (χ4n) is 4.45. The van der Waals surface area contributed by atoms with Gasteiger partial charge in [-0.2, -0.15) is 5.11 Å². The first-order chi connectivity index (χ1) is 22.7. The molecule has 0 aliphatic rings. The number of nitrogens with zero attached hydrogens (tertiary/aromatic N) is 2. The fraction of sp³-hybridized carbons (Fsp3) is 0.125. The van der Waals surface area contributed by atoms with Crippen LogP contribution in [0.5, 0.6) is 11.5 Å². The molecule has 0 aliphatic carbocycles. The van der Waals surface area contributed by atoms with Crippen LogP contribution < -0.4 is 15.5 Å². The van der Waals surface area contributed by atoms with Gasteiger partial charge in [-0.1, -0.05) is 17.6 Å². The Bertz CT molecular complexity index is 2730. The van der Waals surface area contributed by atoms with Crippen LogP contribution >= 0.6 is 0 Å². The summed E-state index contributed by atoms with van der Waals surface area (Å²) >= 11 is 0. The number of hydrogen-bond donors (Lipinski definition) is 1. The number of rotatable bonds is 11. The maximum Gasteiger partial charge on any atom is 2.00 e. The van der Waals surface area contributed by atoms with Gasteiger partial charge >= 0.3 is 21.3 Å². The molecule has 0 spiro atoms. The van der Waals surface area contributed by atoms with Crippen molar-refractivity contribution in [1.29, 1.82) is 0 Å². The smallest absolute Gasteiger partial charge is 0.871 e. The van der Waals surface area contributed by atoms with Gasteiger partial charge in [0, 0.05) is 12.6 Å². The third kappa shape index (κ3) is 9.33. The van der Waals surface area contributed by atoms with Crippen LogP contribution in [0.2, 0.25) is 0 Å². The first-order valence-corrected chi connectivity index (χ1v) is 19.9. The molecule has 4 aromatic rings. The van der Waals surface area contributed by atoms with Crippen LogP contribution in [0.25, 0.3) is 21.5 Å². The van der Waals surface area contributed by atoms with E-state index in [1.54, 1.807) is 0 Å². The largest absolute Gasteiger partial charge is 2.00 e. The molecule has 0 aliphatic heterocycles. The number of azo groups is 1. The molecule has 51 heavy (non-hydrogen) atoms. The third-order valence-electron chi connectivity index (χ3n) is 6.42. The van der Waals surface area contributed by atoms with Crippen LogP contribution in [-0.2, 0) is 76.6 Å². The van der Waals surface area contributed by atoms with Crippen molar-refractivity contribution in [2.24, 2.45) is 10.2 Å². The molecule has 21 nitrogen and oxygen atoms in total. The molecule has 0 saturated heterocycles. The first kappa shape index (κ1) is 41.6. The maximum atomic E-state index is 13.5. The van der Waals surface area contributed by atoms with Crippen LogP contribution in [0, 0.1) is 0 Å². The maximum absolute atomic E-state index is 13.5. The second-order valence-electron chi connectivity index (χ2n) is 9.85. The minimum absolute atomic E-state index is 0. The van der Waals surface area contributed by atoms with Crippen molar-refractivity contribution in [2.75, 3.05) is 17.7 Å². The van der Waals surface area contributed by atoms with E-state index in [-0.39, 0.29) is 27.4 Å². The number of sulfone groups is 1. The molecule has 0 unspecified atom stereocenters. The summed E-state index contributed by atoms with van der Waals surface area (Å²) in [7, 11) is -26.7. The monoisotopic (exact) mass is 859 g/mol. The van der Waals surface area contributed by atoms with Gasteiger partial charge in [0.05, 0.1) is 43.3 Å². The van der Waals surface area contributed by atoms with E-state index in [0.29, 0.717) is 24.3 Å². The second-order valence-corrected chi connectivity index (χ2v) is 17.1. The van der Waals surface area contributed by atoms with Gasteiger partial charge in [-0.25, -0.2) is 42.1 Å². The van der Waals surface area contributed by atoms with Crippen molar-refractivity contribution >= 4 is 95.1 Å². The van der Waals surface area contributed by atoms with Crippen LogP contribution in [-0.4, -0.2) is 78.6 Å². The quantitative estimate of drug-likeness (QED) is 0.0883. The molecule has 0 bridgehead atoms. The Morgan fingerprint density at radius 2 is 1.29 bits per heavy atom. The Morgan fingerprint density at radius 3 is 1.82 bits per heavy atom. The molecule has 0 heterocycles. The van der Waals surface area contributed by atoms with E-state index in [0.717, 1.165) is 19.1 Å². The summed E-state index contributed by atoms with van der Waals surface area (Å²) in [6.45, 7) is -0.384. The van der Waals surface area contributed by atoms with E-state index in [2.05, 4.69) is 19.7 Å². The molecule has 1 N–H and O–H groups in total. The van der Waals surface area contributed by atoms with Gasteiger partial charge < -0.3 is 33.7 Å². The summed E-state index contributed by atoms with van der Waals surface area (Å²) in [5.41, 5.74) is -2.83. The van der Waals surface area contributed by atoms with E-state index < -0.39 is 139 Å².